The average Bonchev–Trinajstić information content (AvgIpc) is 3.24. The number of amidine groups is 1. The third-order valence-electron chi connectivity index (χ3n) is 6.44. The van der Waals surface area contributed by atoms with Gasteiger partial charge in [0.25, 0.3) is 10.0 Å². The van der Waals surface area contributed by atoms with Crippen LogP contribution in [0.4, 0.5) is 13.2 Å². The Morgan fingerprint density at radius 1 is 1.16 bits per heavy atom. The lowest BCUT2D eigenvalue weighted by Gasteiger charge is -2.54. The third-order valence-corrected chi connectivity index (χ3v) is 7.59. The van der Waals surface area contributed by atoms with Crippen LogP contribution in [0.25, 0.3) is 5.69 Å². The lowest BCUT2D eigenvalue weighted by Crippen LogP contribution is -2.62. The van der Waals surface area contributed by atoms with Crippen molar-refractivity contribution >= 4 is 15.9 Å². The zero-order valence-electron chi connectivity index (χ0n) is 16.5. The van der Waals surface area contributed by atoms with Crippen LogP contribution in [0, 0.1) is 5.41 Å². The van der Waals surface area contributed by atoms with Crippen molar-refractivity contribution in [3.8, 4) is 11.4 Å². The summed E-state index contributed by atoms with van der Waals surface area (Å²) < 4.78 is 73.8. The number of fused-ring (bicyclic) bond motifs is 2. The Morgan fingerprint density at radius 2 is 1.87 bits per heavy atom. The number of benzene rings is 1. The van der Waals surface area contributed by atoms with Gasteiger partial charge in [0.05, 0.1) is 28.6 Å². The number of alkyl halides is 3. The second-order valence-corrected chi connectivity index (χ2v) is 10.1. The molecule has 3 fully saturated rings. The molecule has 4 aliphatic rings. The van der Waals surface area contributed by atoms with Crippen molar-refractivity contribution in [2.75, 3.05) is 18.9 Å². The Hall–Kier alpha value is -2.56. The molecule has 0 radical (unpaired) electrons. The summed E-state index contributed by atoms with van der Waals surface area (Å²) in [7, 11) is -3.44. The number of nitrogens with zero attached hydrogens (tertiary/aromatic N) is 4. The fourth-order valence-corrected chi connectivity index (χ4v) is 5.81. The second-order valence-electron chi connectivity index (χ2n) is 8.36. The minimum absolute atomic E-state index is 0.0505. The Morgan fingerprint density at radius 3 is 2.52 bits per heavy atom. The summed E-state index contributed by atoms with van der Waals surface area (Å²) in [6, 6.07) is 6.96. The highest BCUT2D eigenvalue weighted by Crippen LogP contribution is 2.47. The number of hydrogen-bond donors (Lipinski definition) is 0. The lowest BCUT2D eigenvalue weighted by atomic mass is 9.67. The van der Waals surface area contributed by atoms with Crippen LogP contribution in [0.15, 0.2) is 41.1 Å². The van der Waals surface area contributed by atoms with E-state index >= 15 is 0 Å². The first-order chi connectivity index (χ1) is 14.7. The van der Waals surface area contributed by atoms with E-state index in [2.05, 4.69) is 14.4 Å². The van der Waals surface area contributed by atoms with Crippen molar-refractivity contribution in [1.29, 1.82) is 0 Å². The minimum Gasteiger partial charge on any atom is -0.493 e. The fraction of sp³-hybridized carbons (Fsp3) is 0.500. The first kappa shape index (κ1) is 20.3. The van der Waals surface area contributed by atoms with E-state index in [4.69, 9.17) is 4.74 Å². The highest BCUT2D eigenvalue weighted by atomic mass is 32.2. The van der Waals surface area contributed by atoms with E-state index in [-0.39, 0.29) is 5.75 Å². The largest absolute Gasteiger partial charge is 0.493 e. The molecule has 0 spiro atoms. The molecule has 4 heterocycles. The topological polar surface area (TPSA) is 76.8 Å². The molecule has 0 unspecified atom stereocenters. The average molecular weight is 454 g/mol. The molecule has 0 amide bonds. The molecular formula is C20H21F3N4O3S. The highest BCUT2D eigenvalue weighted by molar-refractivity contribution is 7.90. The van der Waals surface area contributed by atoms with E-state index in [0.29, 0.717) is 36.5 Å². The normalized spacial score (nSPS) is 27.0. The van der Waals surface area contributed by atoms with E-state index in [1.165, 1.54) is 0 Å². The standard InChI is InChI=1S/C20H21F3N4O3S/c21-20(22,23)14-11-24-27(12-14)16-1-3-17(4-2-16)30-13-19-7-5-15(6-8-19)26-9-10-31(28,29)25-18(19)26/h1-4,11-12,15H,5-10,13H2. The van der Waals surface area contributed by atoms with Gasteiger partial charge in [-0.1, -0.05) is 0 Å². The Kier molecular flexibility index (Phi) is 4.58. The predicted octanol–water partition coefficient (Wildman–Crippen LogP) is 3.26. The summed E-state index contributed by atoms with van der Waals surface area (Å²) in [5.41, 5.74) is -0.759. The molecule has 0 N–H and O–H groups in total. The molecule has 7 nitrogen and oxygen atoms in total. The van der Waals surface area contributed by atoms with E-state index in [1.54, 1.807) is 24.3 Å². The summed E-state index contributed by atoms with van der Waals surface area (Å²) in [6.45, 7) is 0.788. The van der Waals surface area contributed by atoms with E-state index in [9.17, 15) is 21.6 Å². The number of hydrogen-bond acceptors (Lipinski definition) is 5. The number of rotatable bonds is 4. The van der Waals surface area contributed by atoms with Crippen LogP contribution >= 0.6 is 0 Å². The molecule has 2 aromatic rings. The van der Waals surface area contributed by atoms with Crippen molar-refractivity contribution in [1.82, 2.24) is 14.7 Å². The molecule has 2 bridgehead atoms. The molecule has 6 rings (SSSR count). The number of ether oxygens (including phenoxy) is 1. The van der Waals surface area contributed by atoms with Gasteiger partial charge in [-0.3, -0.25) is 0 Å². The van der Waals surface area contributed by atoms with Gasteiger partial charge in [0.1, 0.15) is 18.2 Å². The third kappa shape index (κ3) is 3.68. The first-order valence-corrected chi connectivity index (χ1v) is 11.7. The smallest absolute Gasteiger partial charge is 0.419 e. The molecule has 1 saturated carbocycles. The van der Waals surface area contributed by atoms with Crippen molar-refractivity contribution in [3.63, 3.8) is 0 Å². The van der Waals surface area contributed by atoms with Crippen LogP contribution in [-0.4, -0.2) is 53.9 Å². The van der Waals surface area contributed by atoms with Crippen molar-refractivity contribution in [2.45, 2.75) is 37.9 Å². The van der Waals surface area contributed by atoms with Crippen molar-refractivity contribution in [3.05, 3.63) is 42.2 Å². The SMILES string of the molecule is O=S1(=O)CCN2C(=N1)C1(COc3ccc(-n4cc(C(F)(F)F)cn4)cc3)CCC2CC1. The van der Waals surface area contributed by atoms with E-state index in [0.717, 1.165) is 42.8 Å². The molecular weight excluding hydrogens is 433 g/mol. The summed E-state index contributed by atoms with van der Waals surface area (Å²) in [4.78, 5) is 2.14. The highest BCUT2D eigenvalue weighted by Gasteiger charge is 2.52. The fourth-order valence-electron chi connectivity index (χ4n) is 4.73. The van der Waals surface area contributed by atoms with Crippen LogP contribution in [-0.2, 0) is 16.2 Å². The molecule has 2 saturated heterocycles. The predicted molar refractivity (Wildman–Crippen MR) is 107 cm³/mol. The maximum absolute atomic E-state index is 12.8. The molecule has 1 aromatic carbocycles. The zero-order chi connectivity index (χ0) is 21.9. The van der Waals surface area contributed by atoms with E-state index < -0.39 is 27.2 Å². The van der Waals surface area contributed by atoms with Gasteiger partial charge >= 0.3 is 6.18 Å². The van der Waals surface area contributed by atoms with Gasteiger partial charge in [0, 0.05) is 18.8 Å². The molecule has 1 aromatic heterocycles. The van der Waals surface area contributed by atoms with Crippen molar-refractivity contribution < 1.29 is 26.3 Å². The number of sulfonamides is 1. The maximum Gasteiger partial charge on any atom is 0.419 e. The molecule has 3 aliphatic heterocycles. The quantitative estimate of drug-likeness (QED) is 0.709. The summed E-state index contributed by atoms with van der Waals surface area (Å²) >= 11 is 0. The first-order valence-electron chi connectivity index (χ1n) is 10.1. The summed E-state index contributed by atoms with van der Waals surface area (Å²) in [5.74, 6) is 1.24. The maximum atomic E-state index is 12.8. The van der Waals surface area contributed by atoms with Crippen molar-refractivity contribution in [2.24, 2.45) is 9.81 Å². The van der Waals surface area contributed by atoms with Crippen LogP contribution in [0.3, 0.4) is 0 Å². The molecule has 1 aliphatic carbocycles. The molecule has 166 valence electrons. The molecule has 11 heteroatoms. The van der Waals surface area contributed by atoms with Gasteiger partial charge in [-0.05, 0) is 49.9 Å². The van der Waals surface area contributed by atoms with Gasteiger partial charge in [-0.15, -0.1) is 4.40 Å². The van der Waals surface area contributed by atoms with Crippen LogP contribution < -0.4 is 4.74 Å². The summed E-state index contributed by atoms with van der Waals surface area (Å²) in [5, 5.41) is 3.77. The Labute approximate surface area is 177 Å². The lowest BCUT2D eigenvalue weighted by molar-refractivity contribution is -0.137. The van der Waals surface area contributed by atoms with Gasteiger partial charge < -0.3 is 9.64 Å². The van der Waals surface area contributed by atoms with Crippen LogP contribution in [0.5, 0.6) is 5.75 Å². The second kappa shape index (κ2) is 6.98. The van der Waals surface area contributed by atoms with Gasteiger partial charge in [-0.2, -0.15) is 18.3 Å². The molecule has 31 heavy (non-hydrogen) atoms. The molecule has 0 atom stereocenters. The Balaban J connectivity index is 1.33. The van der Waals surface area contributed by atoms with Crippen LogP contribution in [0.1, 0.15) is 31.2 Å². The monoisotopic (exact) mass is 454 g/mol. The Bertz CT molecular complexity index is 1120. The van der Waals surface area contributed by atoms with Gasteiger partial charge in [0.2, 0.25) is 0 Å². The van der Waals surface area contributed by atoms with E-state index in [1.807, 2.05) is 0 Å². The number of halogens is 3. The van der Waals surface area contributed by atoms with Gasteiger partial charge in [-0.25, -0.2) is 13.1 Å². The van der Waals surface area contributed by atoms with Crippen LogP contribution in [0.2, 0.25) is 0 Å². The minimum atomic E-state index is -4.44. The van der Waals surface area contributed by atoms with Gasteiger partial charge in [0.15, 0.2) is 0 Å². The number of aromatic nitrogens is 2. The zero-order valence-corrected chi connectivity index (χ0v) is 17.4. The number of piperidine rings is 2. The summed E-state index contributed by atoms with van der Waals surface area (Å²) in [6.07, 6.45) is 0.911.